The number of hydrogen-bond donors (Lipinski definition) is 2. The molecule has 0 spiro atoms. The second-order valence-corrected chi connectivity index (χ2v) is 4.29. The third-order valence-corrected chi connectivity index (χ3v) is 2.89. The van der Waals surface area contributed by atoms with E-state index in [1.54, 1.807) is 14.2 Å². The van der Waals surface area contributed by atoms with Crippen LogP contribution in [-0.2, 0) is 4.79 Å². The number of nitrogens with one attached hydrogen (secondary N) is 1. The molecule has 0 bridgehead atoms. The predicted octanol–water partition coefficient (Wildman–Crippen LogP) is 2.04. The summed E-state index contributed by atoms with van der Waals surface area (Å²) in [6.45, 7) is 2.43. The Kier molecular flexibility index (Phi) is 8.76. The average Bonchev–Trinajstić information content (AvgIpc) is 2.44. The van der Waals surface area contributed by atoms with Gasteiger partial charge in [-0.15, -0.1) is 12.4 Å². The highest BCUT2D eigenvalue weighted by molar-refractivity contribution is 5.85. The number of amides is 1. The number of benzene rings is 1. The van der Waals surface area contributed by atoms with Crippen LogP contribution in [0.25, 0.3) is 0 Å². The first kappa shape index (κ1) is 18.5. The SMILES string of the molecule is COc1ccc(OC)c(C(C)NC(=O)CCCN)c1.Cl. The molecule has 0 saturated heterocycles. The molecule has 1 aromatic carbocycles. The molecule has 114 valence electrons. The van der Waals surface area contributed by atoms with Crippen molar-refractivity contribution >= 4 is 18.3 Å². The molecular formula is C14H23ClN2O3. The zero-order valence-electron chi connectivity index (χ0n) is 12.1. The number of hydrogen-bond acceptors (Lipinski definition) is 4. The molecule has 20 heavy (non-hydrogen) atoms. The van der Waals surface area contributed by atoms with E-state index in [0.29, 0.717) is 19.4 Å². The molecule has 0 aromatic heterocycles. The van der Waals surface area contributed by atoms with Gasteiger partial charge in [0.2, 0.25) is 5.91 Å². The molecule has 0 saturated carbocycles. The molecule has 1 unspecified atom stereocenters. The van der Waals surface area contributed by atoms with Crippen molar-refractivity contribution in [1.82, 2.24) is 5.32 Å². The predicted molar refractivity (Wildman–Crippen MR) is 81.6 cm³/mol. The van der Waals surface area contributed by atoms with Gasteiger partial charge in [-0.2, -0.15) is 0 Å². The molecule has 3 N–H and O–H groups in total. The largest absolute Gasteiger partial charge is 0.497 e. The molecule has 0 aliphatic carbocycles. The van der Waals surface area contributed by atoms with Crippen molar-refractivity contribution in [2.45, 2.75) is 25.8 Å². The monoisotopic (exact) mass is 302 g/mol. The van der Waals surface area contributed by atoms with Crippen LogP contribution >= 0.6 is 12.4 Å². The molecule has 0 aliphatic heterocycles. The fraction of sp³-hybridized carbons (Fsp3) is 0.500. The van der Waals surface area contributed by atoms with Gasteiger partial charge < -0.3 is 20.5 Å². The molecule has 0 aliphatic rings. The summed E-state index contributed by atoms with van der Waals surface area (Å²) in [5.41, 5.74) is 6.28. The van der Waals surface area contributed by atoms with Gasteiger partial charge in [0.25, 0.3) is 0 Å². The fourth-order valence-electron chi connectivity index (χ4n) is 1.83. The summed E-state index contributed by atoms with van der Waals surface area (Å²) in [6.07, 6.45) is 1.13. The van der Waals surface area contributed by atoms with E-state index in [1.807, 2.05) is 25.1 Å². The van der Waals surface area contributed by atoms with E-state index in [4.69, 9.17) is 15.2 Å². The topological polar surface area (TPSA) is 73.6 Å². The van der Waals surface area contributed by atoms with Gasteiger partial charge in [-0.1, -0.05) is 0 Å². The van der Waals surface area contributed by atoms with Gasteiger partial charge in [-0.3, -0.25) is 4.79 Å². The molecule has 0 radical (unpaired) electrons. The van der Waals surface area contributed by atoms with Gasteiger partial charge in [0.1, 0.15) is 11.5 Å². The quantitative estimate of drug-likeness (QED) is 0.808. The smallest absolute Gasteiger partial charge is 0.220 e. The summed E-state index contributed by atoms with van der Waals surface area (Å²) in [7, 11) is 3.21. The van der Waals surface area contributed by atoms with Gasteiger partial charge in [0.05, 0.1) is 20.3 Å². The number of nitrogens with two attached hydrogens (primary N) is 1. The van der Waals surface area contributed by atoms with E-state index < -0.39 is 0 Å². The molecular weight excluding hydrogens is 280 g/mol. The summed E-state index contributed by atoms with van der Waals surface area (Å²) in [5.74, 6) is 1.45. The molecule has 5 nitrogen and oxygen atoms in total. The van der Waals surface area contributed by atoms with Crippen LogP contribution in [-0.4, -0.2) is 26.7 Å². The first-order valence-corrected chi connectivity index (χ1v) is 6.33. The third kappa shape index (κ3) is 5.27. The van der Waals surface area contributed by atoms with Crippen LogP contribution in [0.2, 0.25) is 0 Å². The summed E-state index contributed by atoms with van der Waals surface area (Å²) < 4.78 is 10.5. The first-order chi connectivity index (χ1) is 9.12. The lowest BCUT2D eigenvalue weighted by Crippen LogP contribution is -2.27. The summed E-state index contributed by atoms with van der Waals surface area (Å²) in [5, 5.41) is 2.93. The van der Waals surface area contributed by atoms with E-state index >= 15 is 0 Å². The molecule has 1 aromatic rings. The van der Waals surface area contributed by atoms with Crippen molar-refractivity contribution in [1.29, 1.82) is 0 Å². The molecule has 0 fully saturated rings. The van der Waals surface area contributed by atoms with E-state index in [1.165, 1.54) is 0 Å². The van der Waals surface area contributed by atoms with Crippen LogP contribution in [0.3, 0.4) is 0 Å². The van der Waals surface area contributed by atoms with Crippen LogP contribution in [0, 0.1) is 0 Å². The summed E-state index contributed by atoms with van der Waals surface area (Å²) >= 11 is 0. The van der Waals surface area contributed by atoms with Crippen molar-refractivity contribution in [3.05, 3.63) is 23.8 Å². The van der Waals surface area contributed by atoms with Crippen LogP contribution in [0.1, 0.15) is 31.4 Å². The van der Waals surface area contributed by atoms with E-state index in [2.05, 4.69) is 5.32 Å². The van der Waals surface area contributed by atoms with Crippen molar-refractivity contribution in [3.8, 4) is 11.5 Å². The zero-order valence-corrected chi connectivity index (χ0v) is 13.0. The highest BCUT2D eigenvalue weighted by Gasteiger charge is 2.14. The lowest BCUT2D eigenvalue weighted by molar-refractivity contribution is -0.121. The van der Waals surface area contributed by atoms with E-state index in [-0.39, 0.29) is 24.4 Å². The maximum atomic E-state index is 11.7. The maximum Gasteiger partial charge on any atom is 0.220 e. The second kappa shape index (κ2) is 9.44. The van der Waals surface area contributed by atoms with Crippen molar-refractivity contribution in [2.75, 3.05) is 20.8 Å². The maximum absolute atomic E-state index is 11.7. The van der Waals surface area contributed by atoms with Gasteiger partial charge in [-0.05, 0) is 38.1 Å². The molecule has 1 atom stereocenters. The van der Waals surface area contributed by atoms with Crippen molar-refractivity contribution in [2.24, 2.45) is 5.73 Å². The van der Waals surface area contributed by atoms with Crippen LogP contribution in [0.5, 0.6) is 11.5 Å². The Balaban J connectivity index is 0.00000361. The minimum absolute atomic E-state index is 0. The molecule has 6 heteroatoms. The Hall–Kier alpha value is -1.46. The van der Waals surface area contributed by atoms with Crippen molar-refractivity contribution in [3.63, 3.8) is 0 Å². The second-order valence-electron chi connectivity index (χ2n) is 4.29. The molecule has 0 heterocycles. The summed E-state index contributed by atoms with van der Waals surface area (Å²) in [6, 6.07) is 5.38. The Bertz CT molecular complexity index is 427. The molecule has 1 amide bonds. The highest BCUT2D eigenvalue weighted by Crippen LogP contribution is 2.29. The average molecular weight is 303 g/mol. The van der Waals surface area contributed by atoms with Crippen LogP contribution in [0.4, 0.5) is 0 Å². The minimum atomic E-state index is -0.143. The Morgan fingerprint density at radius 1 is 1.35 bits per heavy atom. The zero-order chi connectivity index (χ0) is 14.3. The Morgan fingerprint density at radius 2 is 2.05 bits per heavy atom. The number of methoxy groups -OCH3 is 2. The van der Waals surface area contributed by atoms with Crippen LogP contribution < -0.4 is 20.5 Å². The van der Waals surface area contributed by atoms with Gasteiger partial charge >= 0.3 is 0 Å². The minimum Gasteiger partial charge on any atom is -0.497 e. The normalized spacial score (nSPS) is 11.2. The summed E-state index contributed by atoms with van der Waals surface area (Å²) in [4.78, 5) is 11.7. The number of rotatable bonds is 7. The number of carbonyl (C=O) groups excluding carboxylic acids is 1. The highest BCUT2D eigenvalue weighted by atomic mass is 35.5. The lowest BCUT2D eigenvalue weighted by Gasteiger charge is -2.18. The number of carbonyl (C=O) groups is 1. The standard InChI is InChI=1S/C14H22N2O3.ClH/c1-10(16-14(17)5-4-8-15)12-9-11(18-2)6-7-13(12)19-3;/h6-7,9-10H,4-5,8,15H2,1-3H3,(H,16,17);1H. The number of ether oxygens (including phenoxy) is 2. The Morgan fingerprint density at radius 3 is 2.60 bits per heavy atom. The fourth-order valence-corrected chi connectivity index (χ4v) is 1.83. The first-order valence-electron chi connectivity index (χ1n) is 6.33. The van der Waals surface area contributed by atoms with Gasteiger partial charge in [0.15, 0.2) is 0 Å². The van der Waals surface area contributed by atoms with Gasteiger partial charge in [-0.25, -0.2) is 0 Å². The van der Waals surface area contributed by atoms with Gasteiger partial charge in [0, 0.05) is 12.0 Å². The number of halogens is 1. The van der Waals surface area contributed by atoms with Crippen LogP contribution in [0.15, 0.2) is 18.2 Å². The van der Waals surface area contributed by atoms with Crippen molar-refractivity contribution < 1.29 is 14.3 Å². The lowest BCUT2D eigenvalue weighted by atomic mass is 10.1. The Labute approximate surface area is 126 Å². The van der Waals surface area contributed by atoms with E-state index in [9.17, 15) is 4.79 Å². The van der Waals surface area contributed by atoms with E-state index in [0.717, 1.165) is 17.1 Å². The molecule has 1 rings (SSSR count). The third-order valence-electron chi connectivity index (χ3n) is 2.89.